The van der Waals surface area contributed by atoms with Crippen LogP contribution in [0.1, 0.15) is 52.7 Å². The largest absolute Gasteiger partial charge is 0.433 e. The Kier molecular flexibility index (Phi) is 4.76. The van der Waals surface area contributed by atoms with E-state index in [2.05, 4.69) is 10.1 Å². The second kappa shape index (κ2) is 7.13. The van der Waals surface area contributed by atoms with E-state index in [-0.39, 0.29) is 16.9 Å². The first-order valence-corrected chi connectivity index (χ1v) is 9.26. The molecule has 3 aromatic rings. The number of aryl methyl sites for hydroxylation is 1. The van der Waals surface area contributed by atoms with Crippen LogP contribution in [0.25, 0.3) is 5.65 Å². The Morgan fingerprint density at radius 2 is 1.93 bits per heavy atom. The van der Waals surface area contributed by atoms with Crippen LogP contribution in [-0.2, 0) is 6.18 Å². The molecule has 0 N–H and O–H groups in total. The highest BCUT2D eigenvalue weighted by Crippen LogP contribution is 2.34. The predicted octanol–water partition coefficient (Wildman–Crippen LogP) is 4.56. The Bertz CT molecular complexity index is 1080. The Morgan fingerprint density at radius 3 is 2.66 bits per heavy atom. The van der Waals surface area contributed by atoms with Gasteiger partial charge >= 0.3 is 6.18 Å². The van der Waals surface area contributed by atoms with Crippen LogP contribution in [0.15, 0.2) is 36.4 Å². The number of hydrogen-bond donors (Lipinski definition) is 0. The molecule has 1 aliphatic heterocycles. The standard InChI is InChI=1S/C20H18F4N4O/c1-12-10-17(20(22,23)24)28-18(25-12)11-15(26-28)16-8-4-5-9-27(16)19(29)13-6-2-3-7-14(13)21/h2-3,6-7,10-11,16H,4-5,8-9H2,1H3/t16-/m0/s1. The SMILES string of the molecule is Cc1cc(C(F)(F)F)n2nc([C@@H]3CCCCN3C(=O)c3ccccc3F)cc2n1. The van der Waals surface area contributed by atoms with Gasteiger partial charge in [-0.05, 0) is 44.4 Å². The van der Waals surface area contributed by atoms with E-state index in [1.54, 1.807) is 6.07 Å². The molecule has 152 valence electrons. The van der Waals surface area contributed by atoms with Crippen molar-refractivity contribution < 1.29 is 22.4 Å². The van der Waals surface area contributed by atoms with Crippen LogP contribution in [0.4, 0.5) is 17.6 Å². The first-order valence-electron chi connectivity index (χ1n) is 9.26. The zero-order valence-electron chi connectivity index (χ0n) is 15.6. The summed E-state index contributed by atoms with van der Waals surface area (Å²) in [6.45, 7) is 1.86. The molecule has 1 aliphatic rings. The Labute approximate surface area is 164 Å². The second-order valence-electron chi connectivity index (χ2n) is 7.11. The summed E-state index contributed by atoms with van der Waals surface area (Å²) in [6, 6.07) is 7.54. The molecule has 1 atom stereocenters. The molecule has 0 bridgehead atoms. The summed E-state index contributed by atoms with van der Waals surface area (Å²) in [6.07, 6.45) is -2.54. The molecule has 1 aromatic carbocycles. The number of amides is 1. The lowest BCUT2D eigenvalue weighted by Gasteiger charge is -2.34. The highest BCUT2D eigenvalue weighted by atomic mass is 19.4. The molecule has 2 aromatic heterocycles. The van der Waals surface area contributed by atoms with E-state index in [0.717, 1.165) is 23.4 Å². The minimum absolute atomic E-state index is 0.0619. The number of hydrogen-bond acceptors (Lipinski definition) is 3. The number of alkyl halides is 3. The van der Waals surface area contributed by atoms with E-state index in [1.165, 1.54) is 36.1 Å². The Morgan fingerprint density at radius 1 is 1.17 bits per heavy atom. The van der Waals surface area contributed by atoms with Crippen LogP contribution in [-0.4, -0.2) is 31.9 Å². The fourth-order valence-electron chi connectivity index (χ4n) is 3.75. The van der Waals surface area contributed by atoms with Crippen molar-refractivity contribution in [2.24, 2.45) is 0 Å². The minimum Gasteiger partial charge on any atom is -0.330 e. The quantitative estimate of drug-likeness (QED) is 0.586. The van der Waals surface area contributed by atoms with Gasteiger partial charge in [0.2, 0.25) is 0 Å². The molecule has 9 heteroatoms. The summed E-state index contributed by atoms with van der Waals surface area (Å²) in [5.41, 5.74) is -0.379. The predicted molar refractivity (Wildman–Crippen MR) is 96.8 cm³/mol. The normalized spacial score (nSPS) is 17.7. The average Bonchev–Trinajstić information content (AvgIpc) is 3.10. The topological polar surface area (TPSA) is 50.5 Å². The van der Waals surface area contributed by atoms with Gasteiger partial charge in [0.25, 0.3) is 5.91 Å². The smallest absolute Gasteiger partial charge is 0.330 e. The minimum atomic E-state index is -4.59. The van der Waals surface area contributed by atoms with Crippen molar-refractivity contribution in [3.05, 3.63) is 64.9 Å². The van der Waals surface area contributed by atoms with Gasteiger partial charge in [-0.2, -0.15) is 18.3 Å². The number of piperidine rings is 1. The van der Waals surface area contributed by atoms with E-state index in [0.29, 0.717) is 18.7 Å². The van der Waals surface area contributed by atoms with E-state index < -0.39 is 29.6 Å². The molecule has 1 amide bonds. The zero-order valence-corrected chi connectivity index (χ0v) is 15.6. The van der Waals surface area contributed by atoms with Crippen LogP contribution in [0.3, 0.4) is 0 Å². The molecule has 0 saturated carbocycles. The molecule has 0 aliphatic carbocycles. The highest BCUT2D eigenvalue weighted by molar-refractivity contribution is 5.94. The van der Waals surface area contributed by atoms with Crippen molar-refractivity contribution in [1.29, 1.82) is 0 Å². The van der Waals surface area contributed by atoms with Gasteiger partial charge in [-0.15, -0.1) is 0 Å². The lowest BCUT2D eigenvalue weighted by Crippen LogP contribution is -2.39. The van der Waals surface area contributed by atoms with Crippen molar-refractivity contribution >= 4 is 11.6 Å². The summed E-state index contributed by atoms with van der Waals surface area (Å²) >= 11 is 0. The molecule has 5 nitrogen and oxygen atoms in total. The summed E-state index contributed by atoms with van der Waals surface area (Å²) in [5.74, 6) is -1.13. The van der Waals surface area contributed by atoms with Gasteiger partial charge in [0.15, 0.2) is 5.65 Å². The zero-order chi connectivity index (χ0) is 20.8. The monoisotopic (exact) mass is 406 g/mol. The molecule has 4 rings (SSSR count). The third kappa shape index (κ3) is 3.56. The Hall–Kier alpha value is -2.97. The molecular weight excluding hydrogens is 388 g/mol. The molecular formula is C20H18F4N4O. The lowest BCUT2D eigenvalue weighted by molar-refractivity contribution is -0.142. The van der Waals surface area contributed by atoms with Gasteiger partial charge in [-0.3, -0.25) is 4.79 Å². The lowest BCUT2D eigenvalue weighted by atomic mass is 9.98. The van der Waals surface area contributed by atoms with E-state index in [1.807, 2.05) is 0 Å². The van der Waals surface area contributed by atoms with Gasteiger partial charge in [-0.25, -0.2) is 13.9 Å². The summed E-state index contributed by atoms with van der Waals surface area (Å²) in [5, 5.41) is 4.14. The number of carbonyl (C=O) groups excluding carboxylic acids is 1. The number of benzene rings is 1. The van der Waals surface area contributed by atoms with Crippen molar-refractivity contribution in [2.75, 3.05) is 6.54 Å². The first kappa shape index (κ1) is 19.4. The van der Waals surface area contributed by atoms with Gasteiger partial charge in [0, 0.05) is 18.3 Å². The maximum absolute atomic E-state index is 14.1. The molecule has 1 fully saturated rings. The second-order valence-corrected chi connectivity index (χ2v) is 7.11. The van der Waals surface area contributed by atoms with Crippen LogP contribution >= 0.6 is 0 Å². The van der Waals surface area contributed by atoms with Crippen LogP contribution in [0, 0.1) is 12.7 Å². The molecule has 0 spiro atoms. The van der Waals surface area contributed by atoms with E-state index >= 15 is 0 Å². The first-order chi connectivity index (χ1) is 13.8. The molecule has 3 heterocycles. The number of halogens is 4. The fourth-order valence-corrected chi connectivity index (χ4v) is 3.75. The molecule has 1 saturated heterocycles. The summed E-state index contributed by atoms with van der Waals surface area (Å²) in [4.78, 5) is 18.6. The highest BCUT2D eigenvalue weighted by Gasteiger charge is 2.36. The maximum Gasteiger partial charge on any atom is 0.433 e. The third-order valence-corrected chi connectivity index (χ3v) is 5.07. The van der Waals surface area contributed by atoms with E-state index in [9.17, 15) is 22.4 Å². The van der Waals surface area contributed by atoms with Crippen molar-refractivity contribution in [1.82, 2.24) is 19.5 Å². The van der Waals surface area contributed by atoms with Gasteiger partial charge in [0.05, 0.1) is 17.3 Å². The van der Waals surface area contributed by atoms with Crippen LogP contribution in [0.2, 0.25) is 0 Å². The number of likely N-dealkylation sites (tertiary alicyclic amines) is 1. The molecule has 29 heavy (non-hydrogen) atoms. The summed E-state index contributed by atoms with van der Waals surface area (Å²) in [7, 11) is 0. The maximum atomic E-state index is 14.1. The molecule has 0 unspecified atom stereocenters. The van der Waals surface area contributed by atoms with Crippen molar-refractivity contribution in [3.8, 4) is 0 Å². The summed E-state index contributed by atoms with van der Waals surface area (Å²) < 4.78 is 55.2. The molecule has 0 radical (unpaired) electrons. The average molecular weight is 406 g/mol. The fraction of sp³-hybridized carbons (Fsp3) is 0.350. The van der Waals surface area contributed by atoms with Crippen molar-refractivity contribution in [3.63, 3.8) is 0 Å². The van der Waals surface area contributed by atoms with Crippen LogP contribution in [0.5, 0.6) is 0 Å². The van der Waals surface area contributed by atoms with Crippen molar-refractivity contribution in [2.45, 2.75) is 38.4 Å². The number of nitrogens with zero attached hydrogens (tertiary/aromatic N) is 4. The van der Waals surface area contributed by atoms with E-state index in [4.69, 9.17) is 0 Å². The van der Waals surface area contributed by atoms with Gasteiger partial charge in [-0.1, -0.05) is 12.1 Å². The number of carbonyl (C=O) groups is 1. The van der Waals surface area contributed by atoms with Gasteiger partial charge < -0.3 is 4.90 Å². The van der Waals surface area contributed by atoms with Crippen LogP contribution < -0.4 is 0 Å². The number of fused-ring (bicyclic) bond motifs is 1. The van der Waals surface area contributed by atoms with Gasteiger partial charge in [0.1, 0.15) is 11.5 Å². The third-order valence-electron chi connectivity index (χ3n) is 5.07. The number of aromatic nitrogens is 3. The number of rotatable bonds is 2. The Balaban J connectivity index is 1.77.